The van der Waals surface area contributed by atoms with Crippen molar-refractivity contribution in [2.75, 3.05) is 10.6 Å². The molecule has 0 fully saturated rings. The highest BCUT2D eigenvalue weighted by atomic mass is 35.5. The van der Waals surface area contributed by atoms with Crippen molar-refractivity contribution < 1.29 is 4.79 Å². The minimum atomic E-state index is -0.378. The van der Waals surface area contributed by atoms with E-state index in [0.29, 0.717) is 27.7 Å². The summed E-state index contributed by atoms with van der Waals surface area (Å²) in [6.07, 6.45) is 0. The van der Waals surface area contributed by atoms with Gasteiger partial charge in [-0.05, 0) is 49.7 Å². The van der Waals surface area contributed by atoms with E-state index in [2.05, 4.69) is 26.7 Å². The average molecular weight is 378 g/mol. The molecule has 0 radical (unpaired) electrons. The van der Waals surface area contributed by atoms with Crippen LogP contribution in [0.15, 0.2) is 48.5 Å². The number of carbonyl (C=O) groups is 1. The van der Waals surface area contributed by atoms with Crippen molar-refractivity contribution in [2.45, 2.75) is 13.8 Å². The third-order valence-corrected chi connectivity index (χ3v) is 4.22. The zero-order valence-corrected chi connectivity index (χ0v) is 15.5. The van der Waals surface area contributed by atoms with Gasteiger partial charge >= 0.3 is 0 Å². The number of aromatic nitrogens is 2. The van der Waals surface area contributed by atoms with Crippen LogP contribution in [0.25, 0.3) is 0 Å². The Balaban J connectivity index is 1.85. The number of carbonyl (C=O) groups excluding carboxylic acids is 1. The fourth-order valence-electron chi connectivity index (χ4n) is 2.42. The summed E-state index contributed by atoms with van der Waals surface area (Å²) in [5.41, 5.74) is 3.36. The fourth-order valence-corrected chi connectivity index (χ4v) is 2.60. The van der Waals surface area contributed by atoms with Crippen LogP contribution in [-0.4, -0.2) is 15.9 Å². The number of hydrogen-bond acceptors (Lipinski definition) is 5. The molecule has 134 valence electrons. The largest absolute Gasteiger partial charge is 0.323 e. The van der Waals surface area contributed by atoms with E-state index >= 15 is 0 Å². The zero-order chi connectivity index (χ0) is 19.4. The van der Waals surface area contributed by atoms with Crippen molar-refractivity contribution in [1.82, 2.24) is 9.97 Å². The highest BCUT2D eigenvalue weighted by molar-refractivity contribution is 6.31. The molecule has 1 aromatic heterocycles. The van der Waals surface area contributed by atoms with Crippen LogP contribution in [0.5, 0.6) is 0 Å². The van der Waals surface area contributed by atoms with Crippen LogP contribution >= 0.6 is 11.6 Å². The number of anilines is 3. The number of nitrogens with zero attached hydrogens (tertiary/aromatic N) is 3. The van der Waals surface area contributed by atoms with E-state index in [0.717, 1.165) is 5.56 Å². The number of nitrogens with one attached hydrogen (secondary N) is 2. The molecule has 0 aliphatic carbocycles. The second kappa shape index (κ2) is 7.85. The van der Waals surface area contributed by atoms with E-state index in [1.54, 1.807) is 49.4 Å². The molecule has 2 aromatic carbocycles. The van der Waals surface area contributed by atoms with E-state index < -0.39 is 0 Å². The second-order valence-corrected chi connectivity index (χ2v) is 6.33. The monoisotopic (exact) mass is 377 g/mol. The van der Waals surface area contributed by atoms with Gasteiger partial charge in [0.25, 0.3) is 5.91 Å². The quantitative estimate of drug-likeness (QED) is 0.692. The first kappa shape index (κ1) is 18.4. The zero-order valence-electron chi connectivity index (χ0n) is 14.7. The number of benzene rings is 2. The van der Waals surface area contributed by atoms with Crippen molar-refractivity contribution >= 4 is 34.8 Å². The third-order valence-electron chi connectivity index (χ3n) is 3.81. The Morgan fingerprint density at radius 1 is 1.11 bits per heavy atom. The summed E-state index contributed by atoms with van der Waals surface area (Å²) in [6.45, 7) is 3.65. The maximum absolute atomic E-state index is 12.6. The van der Waals surface area contributed by atoms with Crippen molar-refractivity contribution in [3.8, 4) is 6.07 Å². The molecule has 7 heteroatoms. The highest BCUT2D eigenvalue weighted by Crippen LogP contribution is 2.21. The molecule has 0 bridgehead atoms. The first-order valence-corrected chi connectivity index (χ1v) is 8.53. The van der Waals surface area contributed by atoms with Gasteiger partial charge < -0.3 is 10.6 Å². The average Bonchev–Trinajstić information content (AvgIpc) is 2.64. The lowest BCUT2D eigenvalue weighted by molar-refractivity contribution is 0.102. The van der Waals surface area contributed by atoms with Crippen LogP contribution in [0.3, 0.4) is 0 Å². The molecular formula is C20H16ClN5O. The van der Waals surface area contributed by atoms with Crippen LogP contribution in [-0.2, 0) is 0 Å². The maximum Gasteiger partial charge on any atom is 0.274 e. The molecule has 6 nitrogen and oxygen atoms in total. The molecule has 0 atom stereocenters. The van der Waals surface area contributed by atoms with Crippen LogP contribution < -0.4 is 10.6 Å². The number of halogens is 1. The smallest absolute Gasteiger partial charge is 0.274 e. The summed E-state index contributed by atoms with van der Waals surface area (Å²) in [5.74, 6) is -0.137. The number of amides is 1. The summed E-state index contributed by atoms with van der Waals surface area (Å²) >= 11 is 6.10. The molecule has 0 unspecified atom stereocenters. The summed E-state index contributed by atoms with van der Waals surface area (Å²) in [4.78, 5) is 21.1. The van der Waals surface area contributed by atoms with Gasteiger partial charge in [0.1, 0.15) is 11.8 Å². The van der Waals surface area contributed by atoms with Gasteiger partial charge in [0.15, 0.2) is 0 Å². The normalized spacial score (nSPS) is 10.1. The topological polar surface area (TPSA) is 90.7 Å². The minimum absolute atomic E-state index is 0.205. The Labute approximate surface area is 161 Å². The lowest BCUT2D eigenvalue weighted by Gasteiger charge is -2.10. The predicted molar refractivity (Wildman–Crippen MR) is 105 cm³/mol. The SMILES string of the molecule is Cc1cc(C(=O)Nc2ccc(C)c(Cl)c2)nc(Nc2ccccc2C#N)n1. The Hall–Kier alpha value is -3.43. The Bertz CT molecular complexity index is 1060. The van der Waals surface area contributed by atoms with Gasteiger partial charge in [-0.2, -0.15) is 5.26 Å². The standard InChI is InChI=1S/C20H16ClN5O/c1-12-7-8-15(10-16(12)21)24-19(27)18-9-13(2)23-20(26-18)25-17-6-4-3-5-14(17)11-22/h3-10H,1-2H3,(H,24,27)(H,23,25,26). The van der Waals surface area contributed by atoms with Crippen molar-refractivity contribution in [2.24, 2.45) is 0 Å². The molecule has 0 saturated carbocycles. The number of para-hydroxylation sites is 1. The van der Waals surface area contributed by atoms with Crippen LogP contribution in [0.1, 0.15) is 27.3 Å². The molecule has 3 rings (SSSR count). The van der Waals surface area contributed by atoms with Crippen LogP contribution in [0.2, 0.25) is 5.02 Å². The van der Waals surface area contributed by atoms with Gasteiger partial charge in [-0.15, -0.1) is 0 Å². The first-order chi connectivity index (χ1) is 13.0. The molecular weight excluding hydrogens is 362 g/mol. The Kier molecular flexibility index (Phi) is 5.34. The van der Waals surface area contributed by atoms with E-state index in [9.17, 15) is 10.1 Å². The molecule has 0 aliphatic heterocycles. The molecule has 3 aromatic rings. The van der Waals surface area contributed by atoms with E-state index in [1.165, 1.54) is 0 Å². The summed E-state index contributed by atoms with van der Waals surface area (Å²) in [6, 6.07) is 16.0. The Morgan fingerprint density at radius 2 is 1.89 bits per heavy atom. The van der Waals surface area contributed by atoms with Gasteiger partial charge in [0, 0.05) is 16.4 Å². The molecule has 27 heavy (non-hydrogen) atoms. The van der Waals surface area contributed by atoms with Crippen molar-refractivity contribution in [3.05, 3.63) is 76.1 Å². The molecule has 0 spiro atoms. The van der Waals surface area contributed by atoms with Gasteiger partial charge in [-0.25, -0.2) is 9.97 Å². The highest BCUT2D eigenvalue weighted by Gasteiger charge is 2.12. The van der Waals surface area contributed by atoms with E-state index in [4.69, 9.17) is 11.6 Å². The van der Waals surface area contributed by atoms with Crippen LogP contribution in [0, 0.1) is 25.2 Å². The number of nitriles is 1. The summed E-state index contributed by atoms with van der Waals surface area (Å²) in [5, 5.41) is 15.5. The van der Waals surface area contributed by atoms with E-state index in [1.807, 2.05) is 13.0 Å². The van der Waals surface area contributed by atoms with Gasteiger partial charge in [0.05, 0.1) is 11.3 Å². The number of rotatable bonds is 4. The maximum atomic E-state index is 12.6. The fraction of sp³-hybridized carbons (Fsp3) is 0.100. The lowest BCUT2D eigenvalue weighted by Crippen LogP contribution is -2.15. The molecule has 0 aliphatic rings. The summed E-state index contributed by atoms with van der Waals surface area (Å²) < 4.78 is 0. The molecule has 1 heterocycles. The van der Waals surface area contributed by atoms with Gasteiger partial charge in [0.2, 0.25) is 5.95 Å². The third kappa shape index (κ3) is 4.40. The predicted octanol–water partition coefficient (Wildman–Crippen LogP) is 4.61. The van der Waals surface area contributed by atoms with Gasteiger partial charge in [-0.3, -0.25) is 4.79 Å². The lowest BCUT2D eigenvalue weighted by atomic mass is 10.2. The molecule has 2 N–H and O–H groups in total. The number of aryl methyl sites for hydroxylation is 2. The minimum Gasteiger partial charge on any atom is -0.323 e. The van der Waals surface area contributed by atoms with Crippen molar-refractivity contribution in [3.63, 3.8) is 0 Å². The van der Waals surface area contributed by atoms with E-state index in [-0.39, 0.29) is 17.5 Å². The molecule has 0 saturated heterocycles. The summed E-state index contributed by atoms with van der Waals surface area (Å²) in [7, 11) is 0. The number of hydrogen-bond donors (Lipinski definition) is 2. The second-order valence-electron chi connectivity index (χ2n) is 5.92. The Morgan fingerprint density at radius 3 is 2.63 bits per heavy atom. The van der Waals surface area contributed by atoms with Crippen molar-refractivity contribution in [1.29, 1.82) is 5.26 Å². The van der Waals surface area contributed by atoms with Crippen LogP contribution in [0.4, 0.5) is 17.3 Å². The first-order valence-electron chi connectivity index (χ1n) is 8.15. The molecule has 1 amide bonds. The van der Waals surface area contributed by atoms with Gasteiger partial charge in [-0.1, -0.05) is 29.8 Å².